The number of benzene rings is 1. The van der Waals surface area contributed by atoms with Crippen LogP contribution in [-0.2, 0) is 6.54 Å². The number of para-hydroxylation sites is 1. The zero-order valence-electron chi connectivity index (χ0n) is 37.2. The van der Waals surface area contributed by atoms with Crippen molar-refractivity contribution in [2.75, 3.05) is 34.2 Å². The Morgan fingerprint density at radius 2 is 1.74 bits per heavy atom. The van der Waals surface area contributed by atoms with Crippen molar-refractivity contribution >= 4 is 10.9 Å². The van der Waals surface area contributed by atoms with Crippen LogP contribution in [0.3, 0.4) is 0 Å². The molecule has 0 saturated heterocycles. The Kier molecular flexibility index (Phi) is 16.5. The fourth-order valence-corrected chi connectivity index (χ4v) is 10.4. The zero-order chi connectivity index (χ0) is 41.2. The first-order chi connectivity index (χ1) is 27.3. The molecule has 0 bridgehead atoms. The summed E-state index contributed by atoms with van der Waals surface area (Å²) >= 11 is 0. The maximum atomic E-state index is 6.40. The van der Waals surface area contributed by atoms with Crippen molar-refractivity contribution in [3.05, 3.63) is 96.5 Å². The highest BCUT2D eigenvalue weighted by Crippen LogP contribution is 2.44. The fraction of sp³-hybridized carbons (Fsp3) is 0.620. The van der Waals surface area contributed by atoms with Crippen molar-refractivity contribution in [1.29, 1.82) is 0 Å². The van der Waals surface area contributed by atoms with Gasteiger partial charge in [-0.2, -0.15) is 0 Å². The minimum Gasteiger partial charge on any atom is -0.330 e. The van der Waals surface area contributed by atoms with Gasteiger partial charge in [-0.15, -0.1) is 5.10 Å². The van der Waals surface area contributed by atoms with Gasteiger partial charge < -0.3 is 15.5 Å². The van der Waals surface area contributed by atoms with E-state index in [2.05, 4.69) is 137 Å². The summed E-state index contributed by atoms with van der Waals surface area (Å²) in [6, 6.07) is 11.0. The Hall–Kier alpha value is -3.39. The molecule has 0 aliphatic heterocycles. The molecule has 57 heavy (non-hydrogen) atoms. The summed E-state index contributed by atoms with van der Waals surface area (Å²) < 4.78 is 1.86. The number of hydrogen-bond acceptors (Lipinski definition) is 6. The SMILES string of the molecule is C=C1CC[C@H](C)C(C[C@H]2CC(N(C)C)C(C)[C@@H](C)C2)[C@@H](CCN(C)Cc2cn(-c3cnc4ccccc4c3)nn2)C[C@@H](C)C(=C)/C=C/C(C)=C/[C@H](CN)[C@@H](CC)C1. The monoisotopic (exact) mass is 776 g/mol. The maximum absolute atomic E-state index is 6.40. The summed E-state index contributed by atoms with van der Waals surface area (Å²) in [6.45, 7) is 26.3. The molecule has 1 fully saturated rings. The van der Waals surface area contributed by atoms with E-state index < -0.39 is 0 Å². The first-order valence-corrected chi connectivity index (χ1v) is 22.3. The molecule has 0 spiro atoms. The summed E-state index contributed by atoms with van der Waals surface area (Å²) in [5.74, 6) is 5.31. The van der Waals surface area contributed by atoms with Crippen molar-refractivity contribution in [2.45, 2.75) is 112 Å². The molecule has 1 saturated carbocycles. The lowest BCUT2D eigenvalue weighted by Crippen LogP contribution is -2.43. The first-order valence-electron chi connectivity index (χ1n) is 22.3. The molecule has 2 N–H and O–H groups in total. The lowest BCUT2D eigenvalue weighted by molar-refractivity contribution is 0.0571. The predicted octanol–water partition coefficient (Wildman–Crippen LogP) is 10.9. The predicted molar refractivity (Wildman–Crippen MR) is 242 cm³/mol. The van der Waals surface area contributed by atoms with Crippen LogP contribution in [0.15, 0.2) is 90.8 Å². The molecule has 10 atom stereocenters. The van der Waals surface area contributed by atoms with Crippen molar-refractivity contribution in [2.24, 2.45) is 59.0 Å². The summed E-state index contributed by atoms with van der Waals surface area (Å²) in [5.41, 5.74) is 13.2. The Labute approximate surface area is 347 Å². The standard InChI is InChI=1S/C50H77N7/c1-12-42-23-34(2)18-20-37(5)48(27-41-25-39(7)40(8)50(28-41)55(9)10)43(26-38(6)36(4)19-17-35(3)24-45(42)30-51)21-22-56(11)32-46-33-57(54-53-46)47-29-44-15-13-14-16-49(44)52-31-47/h13-17,19,24,29,31,33,37-43,45,48,50H,2,4,12,18,20-23,25-28,30,32,51H2,1,3,5-11H3/b19-17+,35-24+/t37-,38+,39-,40?,41-,42-,43-,45+,48?,50?/m0/s1. The van der Waals surface area contributed by atoms with Gasteiger partial charge in [-0.1, -0.05) is 113 Å². The fourth-order valence-electron chi connectivity index (χ4n) is 10.4. The highest BCUT2D eigenvalue weighted by Gasteiger charge is 2.38. The second-order valence-electron chi connectivity index (χ2n) is 18.9. The number of allylic oxidation sites excluding steroid dienone is 5. The Morgan fingerprint density at radius 3 is 2.47 bits per heavy atom. The molecule has 2 heterocycles. The van der Waals surface area contributed by atoms with Gasteiger partial charge in [0, 0.05) is 18.0 Å². The molecule has 2 aliphatic rings. The Balaban J connectivity index is 1.39. The summed E-state index contributed by atoms with van der Waals surface area (Å²) in [5, 5.41) is 10.2. The smallest absolute Gasteiger partial charge is 0.0971 e. The van der Waals surface area contributed by atoms with E-state index in [1.165, 1.54) is 42.4 Å². The van der Waals surface area contributed by atoms with E-state index in [-0.39, 0.29) is 0 Å². The normalized spacial score (nSPS) is 31.5. The lowest BCUT2D eigenvalue weighted by atomic mass is 9.65. The Morgan fingerprint density at radius 1 is 0.965 bits per heavy atom. The highest BCUT2D eigenvalue weighted by molar-refractivity contribution is 5.79. The number of nitrogens with two attached hydrogens (primary N) is 1. The van der Waals surface area contributed by atoms with Gasteiger partial charge in [-0.3, -0.25) is 4.98 Å². The third kappa shape index (κ3) is 12.3. The van der Waals surface area contributed by atoms with Crippen molar-refractivity contribution in [1.82, 2.24) is 29.8 Å². The molecule has 3 aromatic rings. The largest absolute Gasteiger partial charge is 0.330 e. The molecular formula is C50H77N7. The van der Waals surface area contributed by atoms with Gasteiger partial charge in [0.1, 0.15) is 0 Å². The number of pyridine rings is 1. The number of fused-ring (bicyclic) bond motifs is 1. The van der Waals surface area contributed by atoms with Crippen LogP contribution in [0.1, 0.15) is 105 Å². The molecule has 0 amide bonds. The van der Waals surface area contributed by atoms with Gasteiger partial charge in [0.05, 0.1) is 29.3 Å². The summed E-state index contributed by atoms with van der Waals surface area (Å²) in [4.78, 5) is 9.61. The molecule has 7 heteroatoms. The van der Waals surface area contributed by atoms with Crippen molar-refractivity contribution in [3.8, 4) is 5.69 Å². The molecular weight excluding hydrogens is 699 g/mol. The quantitative estimate of drug-likeness (QED) is 0.196. The molecule has 2 aromatic heterocycles. The lowest BCUT2D eigenvalue weighted by Gasteiger charge is -2.45. The minimum absolute atomic E-state index is 0.363. The van der Waals surface area contributed by atoms with E-state index >= 15 is 0 Å². The van der Waals surface area contributed by atoms with E-state index in [1.807, 2.05) is 29.1 Å². The maximum Gasteiger partial charge on any atom is 0.0971 e. The van der Waals surface area contributed by atoms with Crippen LogP contribution in [-0.4, -0.2) is 70.1 Å². The van der Waals surface area contributed by atoms with Crippen LogP contribution in [0.4, 0.5) is 0 Å². The summed E-state index contributed by atoms with van der Waals surface area (Å²) in [7, 11) is 6.84. The molecule has 312 valence electrons. The van der Waals surface area contributed by atoms with Crippen LogP contribution in [0.2, 0.25) is 0 Å². The number of aromatic nitrogens is 4. The van der Waals surface area contributed by atoms with Crippen LogP contribution < -0.4 is 5.73 Å². The van der Waals surface area contributed by atoms with Crippen molar-refractivity contribution in [3.63, 3.8) is 0 Å². The van der Waals surface area contributed by atoms with Gasteiger partial charge in [-0.25, -0.2) is 4.68 Å². The zero-order valence-corrected chi connectivity index (χ0v) is 37.2. The number of hydrogen-bond donors (Lipinski definition) is 1. The van der Waals surface area contributed by atoms with Crippen molar-refractivity contribution < 1.29 is 0 Å². The average molecular weight is 776 g/mol. The molecule has 5 rings (SSSR count). The third-order valence-electron chi connectivity index (χ3n) is 14.3. The van der Waals surface area contributed by atoms with E-state index in [9.17, 15) is 0 Å². The third-order valence-corrected chi connectivity index (χ3v) is 14.3. The van der Waals surface area contributed by atoms with Crippen LogP contribution in [0.5, 0.6) is 0 Å². The number of rotatable bonds is 11. The second kappa shape index (κ2) is 21.0. The number of nitrogens with zero attached hydrogens (tertiary/aromatic N) is 6. The molecule has 0 radical (unpaired) electrons. The molecule has 7 nitrogen and oxygen atoms in total. The van der Waals surface area contributed by atoms with Gasteiger partial charge in [0.15, 0.2) is 0 Å². The van der Waals surface area contributed by atoms with E-state index in [0.717, 1.165) is 85.2 Å². The van der Waals surface area contributed by atoms with E-state index in [4.69, 9.17) is 5.73 Å². The van der Waals surface area contributed by atoms with Gasteiger partial charge in [0.25, 0.3) is 0 Å². The molecule has 2 aliphatic carbocycles. The van der Waals surface area contributed by atoms with Crippen LogP contribution >= 0.6 is 0 Å². The van der Waals surface area contributed by atoms with Crippen LogP contribution in [0, 0.1) is 53.3 Å². The minimum atomic E-state index is 0.363. The van der Waals surface area contributed by atoms with E-state index in [0.29, 0.717) is 48.1 Å². The second-order valence-corrected chi connectivity index (χ2v) is 18.9. The molecule has 1 aromatic carbocycles. The summed E-state index contributed by atoms with van der Waals surface area (Å²) in [6.07, 6.45) is 21.7. The van der Waals surface area contributed by atoms with Gasteiger partial charge >= 0.3 is 0 Å². The molecule has 3 unspecified atom stereocenters. The topological polar surface area (TPSA) is 76.1 Å². The van der Waals surface area contributed by atoms with E-state index in [1.54, 1.807) is 0 Å². The Bertz CT molecular complexity index is 1800. The van der Waals surface area contributed by atoms with Gasteiger partial charge in [0.2, 0.25) is 0 Å². The van der Waals surface area contributed by atoms with Gasteiger partial charge in [-0.05, 0) is 158 Å². The van der Waals surface area contributed by atoms with Crippen LogP contribution in [0.25, 0.3) is 16.6 Å². The average Bonchev–Trinajstić information content (AvgIpc) is 3.66. The first kappa shape index (κ1) is 44.7. The highest BCUT2D eigenvalue weighted by atomic mass is 15.4.